The van der Waals surface area contributed by atoms with Gasteiger partial charge in [0.15, 0.2) is 5.71 Å². The molecule has 0 aliphatic heterocycles. The fraction of sp³-hybridized carbons (Fsp3) is 0.296. The third-order valence-corrected chi connectivity index (χ3v) is 8.10. The van der Waals surface area contributed by atoms with Crippen LogP contribution in [-0.2, 0) is 20.2 Å². The summed E-state index contributed by atoms with van der Waals surface area (Å²) in [6.45, 7) is 11.4. The van der Waals surface area contributed by atoms with Crippen LogP contribution < -0.4 is 4.90 Å². The van der Waals surface area contributed by atoms with Gasteiger partial charge in [-0.1, -0.05) is 12.1 Å². The number of hydrogen-bond donors (Lipinski definition) is 1. The second-order valence-electron chi connectivity index (χ2n) is 8.40. The zero-order chi connectivity index (χ0) is 27.4. The van der Waals surface area contributed by atoms with Crippen LogP contribution >= 0.6 is 0 Å². The molecule has 3 rings (SSSR count). The van der Waals surface area contributed by atoms with Crippen LogP contribution in [0.3, 0.4) is 0 Å². The van der Waals surface area contributed by atoms with Gasteiger partial charge in [0, 0.05) is 66.0 Å². The van der Waals surface area contributed by atoms with Crippen molar-refractivity contribution >= 4 is 66.8 Å². The fourth-order valence-corrected chi connectivity index (χ4v) is 5.59. The summed E-state index contributed by atoms with van der Waals surface area (Å²) in [4.78, 5) is 1.07. The zero-order valence-electron chi connectivity index (χ0n) is 22.4. The van der Waals surface area contributed by atoms with Gasteiger partial charge >= 0.3 is 0 Å². The van der Waals surface area contributed by atoms with Gasteiger partial charge in [0.05, 0.1) is 9.79 Å². The smallest absolute Gasteiger partial charge is 0.294 e. The molecule has 0 bridgehead atoms. The first-order chi connectivity index (χ1) is 17.4. The quantitative estimate of drug-likeness (QED) is 0.279. The van der Waals surface area contributed by atoms with E-state index in [9.17, 15) is 25.9 Å². The first-order valence-corrected chi connectivity index (χ1v) is 14.9. The summed E-state index contributed by atoms with van der Waals surface area (Å²) in [6, 6.07) is 10.3. The molecule has 0 atom stereocenters. The van der Waals surface area contributed by atoms with Crippen molar-refractivity contribution in [3.63, 3.8) is 0 Å². The van der Waals surface area contributed by atoms with Gasteiger partial charge in [-0.15, -0.1) is 0 Å². The Kier molecular flexibility index (Phi) is 11.3. The Hall–Kier alpha value is -2.05. The van der Waals surface area contributed by atoms with Crippen LogP contribution in [0.2, 0.25) is 0 Å². The molecular formula is C27H32N2NaO6S2. The van der Waals surface area contributed by atoms with Gasteiger partial charge in [-0.3, -0.25) is 4.55 Å². The molecule has 0 heterocycles. The van der Waals surface area contributed by atoms with E-state index < -0.39 is 30.0 Å². The predicted molar refractivity (Wildman–Crippen MR) is 151 cm³/mol. The van der Waals surface area contributed by atoms with Gasteiger partial charge in [-0.25, -0.2) is 13.0 Å². The van der Waals surface area contributed by atoms with Crippen LogP contribution in [0.5, 0.6) is 0 Å². The van der Waals surface area contributed by atoms with Crippen molar-refractivity contribution < 1.29 is 30.5 Å². The van der Waals surface area contributed by atoms with Gasteiger partial charge in [-0.05, 0) is 86.9 Å². The topological polar surface area (TPSA) is 118 Å². The van der Waals surface area contributed by atoms with Crippen LogP contribution in [0.4, 0.5) is 5.69 Å². The summed E-state index contributed by atoms with van der Waals surface area (Å²) in [6.07, 6.45) is 7.40. The van der Waals surface area contributed by atoms with E-state index in [0.717, 1.165) is 55.8 Å². The van der Waals surface area contributed by atoms with Crippen LogP contribution in [-0.4, -0.2) is 92.0 Å². The van der Waals surface area contributed by atoms with E-state index in [1.165, 1.54) is 0 Å². The monoisotopic (exact) mass is 567 g/mol. The number of hydrogen-bond acceptors (Lipinski definition) is 6. The minimum absolute atomic E-state index is 0. The van der Waals surface area contributed by atoms with E-state index in [1.807, 2.05) is 76.3 Å². The molecule has 0 aromatic heterocycles. The molecule has 0 spiro atoms. The molecule has 0 unspecified atom stereocenters. The molecule has 2 aromatic rings. The van der Waals surface area contributed by atoms with E-state index in [1.54, 1.807) is 0 Å². The molecular weight excluding hydrogens is 535 g/mol. The minimum Gasteiger partial charge on any atom is -0.744 e. The van der Waals surface area contributed by atoms with Crippen LogP contribution in [0.15, 0.2) is 82.1 Å². The second-order valence-corrected chi connectivity index (χ2v) is 11.2. The summed E-state index contributed by atoms with van der Waals surface area (Å²) in [7, 11) is -9.64. The van der Waals surface area contributed by atoms with Gasteiger partial charge in [0.2, 0.25) is 0 Å². The largest absolute Gasteiger partial charge is 0.744 e. The van der Waals surface area contributed by atoms with Crippen molar-refractivity contribution in [2.45, 2.75) is 37.5 Å². The molecule has 1 aliphatic carbocycles. The van der Waals surface area contributed by atoms with Gasteiger partial charge < -0.3 is 9.45 Å². The first-order valence-electron chi connectivity index (χ1n) is 12.1. The van der Waals surface area contributed by atoms with E-state index >= 15 is 0 Å². The molecule has 1 radical (unpaired) electrons. The molecule has 1 aliphatic rings. The summed E-state index contributed by atoms with van der Waals surface area (Å²) in [5.74, 6) is 0. The molecule has 0 saturated heterocycles. The molecule has 1 N–H and O–H groups in total. The van der Waals surface area contributed by atoms with Crippen molar-refractivity contribution in [3.05, 3.63) is 83.5 Å². The molecule has 199 valence electrons. The second kappa shape index (κ2) is 13.3. The summed E-state index contributed by atoms with van der Waals surface area (Å²) in [5.41, 5.74) is 3.36. The minimum atomic E-state index is -4.98. The third-order valence-electron chi connectivity index (χ3n) is 6.36. The van der Waals surface area contributed by atoms with Crippen molar-refractivity contribution in [1.82, 2.24) is 0 Å². The first kappa shape index (κ1) is 32.2. The molecule has 11 heteroatoms. The van der Waals surface area contributed by atoms with Crippen LogP contribution in [0.1, 0.15) is 38.8 Å². The average molecular weight is 568 g/mol. The Labute approximate surface area is 247 Å². The van der Waals surface area contributed by atoms with Crippen LogP contribution in [0, 0.1) is 0 Å². The standard InChI is InChI=1S/C27H32N2O6S2.Na/c1-5-28(6-2)22-13-9-20(10-14-22)27(21-11-15-23(16-12-21)29(7-3)8-4)25-19-24(36(30,31)32)17-18-26(25)37(33,34)35;/h9-19H,5-8H2,1-4H3,(H-,30,31,32,33,34,35);. The van der Waals surface area contributed by atoms with Gasteiger partial charge in [0.1, 0.15) is 23.2 Å². The van der Waals surface area contributed by atoms with Crippen molar-refractivity contribution in [2.75, 3.05) is 31.1 Å². The maximum atomic E-state index is 12.2. The number of anilines is 1. The number of allylic oxidation sites excluding steroid dienone is 5. The Morgan fingerprint density at radius 2 is 1.42 bits per heavy atom. The zero-order valence-corrected chi connectivity index (χ0v) is 26.0. The van der Waals surface area contributed by atoms with Crippen molar-refractivity contribution in [2.24, 2.45) is 0 Å². The number of rotatable bonds is 9. The maximum absolute atomic E-state index is 12.2. The maximum Gasteiger partial charge on any atom is 0.294 e. The SMILES string of the molecule is CCN(CC)c1ccc(C(=C2C=CC(=[N+](CC)CC)C=C2)c2cc(S(=O)(=O)O)ccc2S(=O)(=O)[O-])cc1.[Na]. The van der Waals surface area contributed by atoms with Gasteiger partial charge in [-0.2, -0.15) is 8.42 Å². The predicted octanol–water partition coefficient (Wildman–Crippen LogP) is 3.72. The summed E-state index contributed by atoms with van der Waals surface area (Å²) >= 11 is 0. The van der Waals surface area contributed by atoms with E-state index in [-0.39, 0.29) is 35.1 Å². The Morgan fingerprint density at radius 1 is 0.868 bits per heavy atom. The molecule has 0 saturated carbocycles. The van der Waals surface area contributed by atoms with Gasteiger partial charge in [0.25, 0.3) is 10.1 Å². The third kappa shape index (κ3) is 7.32. The Balaban J connectivity index is 0.00000507. The summed E-state index contributed by atoms with van der Waals surface area (Å²) < 4.78 is 72.3. The molecule has 8 nitrogen and oxygen atoms in total. The number of nitrogens with zero attached hydrogens (tertiary/aromatic N) is 2. The molecule has 0 fully saturated rings. The Morgan fingerprint density at radius 3 is 1.87 bits per heavy atom. The van der Waals surface area contributed by atoms with Crippen molar-refractivity contribution in [1.29, 1.82) is 0 Å². The normalized spacial score (nSPS) is 13.3. The van der Waals surface area contributed by atoms with Crippen LogP contribution in [0.25, 0.3) is 5.57 Å². The molecule has 0 amide bonds. The molecule has 38 heavy (non-hydrogen) atoms. The fourth-order valence-electron chi connectivity index (χ4n) is 4.42. The molecule has 2 aromatic carbocycles. The van der Waals surface area contributed by atoms with E-state index in [2.05, 4.69) is 9.48 Å². The average Bonchev–Trinajstić information content (AvgIpc) is 2.86. The van der Waals surface area contributed by atoms with Crippen molar-refractivity contribution in [3.8, 4) is 0 Å². The van der Waals surface area contributed by atoms with E-state index in [4.69, 9.17) is 0 Å². The Bertz CT molecular complexity index is 1480. The van der Waals surface area contributed by atoms with E-state index in [0.29, 0.717) is 16.7 Å². The summed E-state index contributed by atoms with van der Waals surface area (Å²) in [5, 5.41) is 0. The number of benzene rings is 2.